The fourth-order valence-electron chi connectivity index (χ4n) is 0.898. The zero-order chi connectivity index (χ0) is 8.74. The molecule has 0 saturated heterocycles. The van der Waals surface area contributed by atoms with Gasteiger partial charge in [-0.15, -0.1) is 0 Å². The molecule has 0 aliphatic carbocycles. The second kappa shape index (κ2) is 8.15. The van der Waals surface area contributed by atoms with Gasteiger partial charge in [0, 0.05) is 33.8 Å². The van der Waals surface area contributed by atoms with Crippen LogP contribution in [0.4, 0.5) is 0 Å². The molecule has 76 valence electrons. The first-order chi connectivity index (χ1) is 5.24. The summed E-state index contributed by atoms with van der Waals surface area (Å²) >= 11 is 0. The maximum absolute atomic E-state index is 5.20. The number of hydrogen-bond donors (Lipinski definition) is 1. The highest BCUT2D eigenvalue weighted by Crippen LogP contribution is 2.13. The minimum Gasteiger partial charge on any atom is -1.00 e. The van der Waals surface area contributed by atoms with Gasteiger partial charge >= 0.3 is 8.80 Å². The van der Waals surface area contributed by atoms with E-state index in [1.54, 1.807) is 21.3 Å². The van der Waals surface area contributed by atoms with Gasteiger partial charge in [0.2, 0.25) is 0 Å². The van der Waals surface area contributed by atoms with Crippen molar-refractivity contribution >= 4 is 8.80 Å². The molecule has 0 bridgehead atoms. The highest BCUT2D eigenvalue weighted by atomic mass is 79.9. The monoisotopic (exact) mass is 259 g/mol. The molecule has 0 heterocycles. The zero-order valence-electron chi connectivity index (χ0n) is 7.93. The molecule has 6 heteroatoms. The van der Waals surface area contributed by atoms with Crippen molar-refractivity contribution in [2.24, 2.45) is 0 Å². The van der Waals surface area contributed by atoms with Crippen molar-refractivity contribution in [3.8, 4) is 0 Å². The summed E-state index contributed by atoms with van der Waals surface area (Å²) in [5.74, 6) is 0. The molecule has 12 heavy (non-hydrogen) atoms. The lowest BCUT2D eigenvalue weighted by atomic mass is 10.5. The first-order valence-electron chi connectivity index (χ1n) is 3.69. The van der Waals surface area contributed by atoms with Gasteiger partial charge in [-0.25, -0.2) is 0 Å². The van der Waals surface area contributed by atoms with E-state index in [2.05, 4.69) is 5.73 Å². The lowest BCUT2D eigenvalue weighted by molar-refractivity contribution is -0.367. The second-order valence-corrected chi connectivity index (χ2v) is 5.34. The van der Waals surface area contributed by atoms with E-state index in [0.29, 0.717) is 0 Å². The normalized spacial score (nSPS) is 11.0. The molecule has 0 aromatic rings. The van der Waals surface area contributed by atoms with Crippen LogP contribution in [-0.4, -0.2) is 36.7 Å². The third kappa shape index (κ3) is 4.54. The molecule has 0 spiro atoms. The molecule has 3 N–H and O–H groups in total. The van der Waals surface area contributed by atoms with E-state index >= 15 is 0 Å². The molecule has 0 aromatic carbocycles. The Morgan fingerprint density at radius 2 is 1.50 bits per heavy atom. The van der Waals surface area contributed by atoms with Crippen molar-refractivity contribution in [1.29, 1.82) is 0 Å². The Hall–Kier alpha value is 0.537. The van der Waals surface area contributed by atoms with Gasteiger partial charge in [0.05, 0.1) is 6.54 Å². The highest BCUT2D eigenvalue weighted by molar-refractivity contribution is 6.60. The maximum Gasteiger partial charge on any atom is 0.500 e. The van der Waals surface area contributed by atoms with Crippen LogP contribution in [0.3, 0.4) is 0 Å². The predicted molar refractivity (Wildman–Crippen MR) is 44.0 cm³/mol. The fourth-order valence-corrected chi connectivity index (χ4v) is 2.69. The second-order valence-electron chi connectivity index (χ2n) is 2.25. The summed E-state index contributed by atoms with van der Waals surface area (Å²) in [4.78, 5) is 0. The van der Waals surface area contributed by atoms with Crippen LogP contribution in [0.2, 0.25) is 6.04 Å². The average Bonchev–Trinajstić information content (AvgIpc) is 2.08. The van der Waals surface area contributed by atoms with Gasteiger partial charge < -0.3 is 36.0 Å². The minimum absolute atomic E-state index is 0. The summed E-state index contributed by atoms with van der Waals surface area (Å²) in [6.45, 7) is 0.894. The Labute approximate surface area is 85.5 Å². The van der Waals surface area contributed by atoms with Gasteiger partial charge in [0.1, 0.15) is 0 Å². The molecule has 0 saturated carbocycles. The van der Waals surface area contributed by atoms with Gasteiger partial charge in [0.15, 0.2) is 0 Å². The Kier molecular flexibility index (Phi) is 10.2. The van der Waals surface area contributed by atoms with Gasteiger partial charge in [-0.3, -0.25) is 0 Å². The number of hydrogen-bond acceptors (Lipinski definition) is 3. The molecular formula is C6H18BrNO3Si. The van der Waals surface area contributed by atoms with E-state index in [4.69, 9.17) is 13.3 Å². The maximum atomic E-state index is 5.20. The largest absolute Gasteiger partial charge is 1.00 e. The van der Waals surface area contributed by atoms with Crippen LogP contribution >= 0.6 is 0 Å². The van der Waals surface area contributed by atoms with E-state index in [9.17, 15) is 0 Å². The third-order valence-corrected chi connectivity index (χ3v) is 4.50. The Balaban J connectivity index is 0. The molecule has 4 nitrogen and oxygen atoms in total. The lowest BCUT2D eigenvalue weighted by Gasteiger charge is -2.23. The molecule has 0 fully saturated rings. The first kappa shape index (κ1) is 15.0. The fraction of sp³-hybridized carbons (Fsp3) is 1.00. The average molecular weight is 260 g/mol. The van der Waals surface area contributed by atoms with Crippen molar-refractivity contribution in [3.63, 3.8) is 0 Å². The molecule has 0 radical (unpaired) electrons. The van der Waals surface area contributed by atoms with Crippen LogP contribution < -0.4 is 22.7 Å². The number of halogens is 1. The Morgan fingerprint density at radius 1 is 1.08 bits per heavy atom. The van der Waals surface area contributed by atoms with Gasteiger partial charge in [-0.1, -0.05) is 0 Å². The van der Waals surface area contributed by atoms with E-state index in [1.807, 2.05) is 0 Å². The number of rotatable bonds is 6. The molecule has 0 aliphatic heterocycles. The summed E-state index contributed by atoms with van der Waals surface area (Å²) in [6, 6.07) is 0.847. The lowest BCUT2D eigenvalue weighted by Crippen LogP contribution is -3.00. The van der Waals surface area contributed by atoms with Crippen molar-refractivity contribution in [1.82, 2.24) is 0 Å². The molecular weight excluding hydrogens is 242 g/mol. The molecule has 0 unspecified atom stereocenters. The van der Waals surface area contributed by atoms with E-state index < -0.39 is 8.80 Å². The zero-order valence-corrected chi connectivity index (χ0v) is 10.5. The Morgan fingerprint density at radius 3 is 1.75 bits per heavy atom. The van der Waals surface area contributed by atoms with Crippen molar-refractivity contribution in [2.45, 2.75) is 12.5 Å². The van der Waals surface area contributed by atoms with Gasteiger partial charge in [-0.05, 0) is 0 Å². The predicted octanol–water partition coefficient (Wildman–Crippen LogP) is -3.50. The van der Waals surface area contributed by atoms with Crippen LogP contribution in [0.25, 0.3) is 0 Å². The van der Waals surface area contributed by atoms with Crippen LogP contribution in [-0.2, 0) is 13.3 Å². The summed E-state index contributed by atoms with van der Waals surface area (Å²) < 4.78 is 15.6. The van der Waals surface area contributed by atoms with Crippen LogP contribution in [0.1, 0.15) is 6.42 Å². The SMILES string of the molecule is CO[Si](CCC[NH3+])(OC)OC.[Br-]. The van der Waals surface area contributed by atoms with E-state index in [1.165, 1.54) is 0 Å². The van der Waals surface area contributed by atoms with Gasteiger partial charge in [-0.2, -0.15) is 0 Å². The topological polar surface area (TPSA) is 55.3 Å². The van der Waals surface area contributed by atoms with Crippen molar-refractivity contribution in [3.05, 3.63) is 0 Å². The first-order valence-corrected chi connectivity index (χ1v) is 5.62. The summed E-state index contributed by atoms with van der Waals surface area (Å²) in [6.07, 6.45) is 0.988. The van der Waals surface area contributed by atoms with Crippen LogP contribution in [0, 0.1) is 0 Å². The molecule has 0 amide bonds. The standard InChI is InChI=1S/C6H17NO3Si.BrH/c1-8-11(9-2,10-3)6-4-5-7;/h4-7H2,1-3H3;1H. The van der Waals surface area contributed by atoms with Crippen molar-refractivity contribution in [2.75, 3.05) is 27.9 Å². The van der Waals surface area contributed by atoms with Crippen LogP contribution in [0.15, 0.2) is 0 Å². The van der Waals surface area contributed by atoms with E-state index in [-0.39, 0.29) is 17.0 Å². The van der Waals surface area contributed by atoms with Crippen molar-refractivity contribution < 1.29 is 36.0 Å². The molecule has 0 aliphatic rings. The van der Waals surface area contributed by atoms with E-state index in [0.717, 1.165) is 19.0 Å². The number of quaternary nitrogens is 1. The summed E-state index contributed by atoms with van der Waals surface area (Å²) in [7, 11) is 2.60. The smallest absolute Gasteiger partial charge is 0.500 e. The summed E-state index contributed by atoms with van der Waals surface area (Å²) in [5.41, 5.74) is 3.75. The van der Waals surface area contributed by atoms with Gasteiger partial charge in [0.25, 0.3) is 0 Å². The molecule has 0 aromatic heterocycles. The minimum atomic E-state index is -2.28. The molecule has 0 rings (SSSR count). The summed E-state index contributed by atoms with van der Waals surface area (Å²) in [5, 5.41) is 0. The quantitative estimate of drug-likeness (QED) is 0.504. The Bertz CT molecular complexity index is 94.5. The molecule has 0 atom stereocenters. The highest BCUT2D eigenvalue weighted by Gasteiger charge is 2.36. The van der Waals surface area contributed by atoms with Crippen LogP contribution in [0.5, 0.6) is 0 Å². The third-order valence-electron chi connectivity index (χ3n) is 1.67.